The van der Waals surface area contributed by atoms with Crippen molar-refractivity contribution in [2.75, 3.05) is 18.0 Å². The van der Waals surface area contributed by atoms with Gasteiger partial charge in [-0.1, -0.05) is 61.9 Å². The molecule has 0 bridgehead atoms. The van der Waals surface area contributed by atoms with Gasteiger partial charge in [-0.25, -0.2) is 0 Å². The minimum absolute atomic E-state index is 0.0975. The summed E-state index contributed by atoms with van der Waals surface area (Å²) >= 11 is 0. The maximum absolute atomic E-state index is 8.60. The maximum Gasteiger partial charge on any atom is 0.129 e. The molecule has 0 aliphatic rings. The Balaban J connectivity index is 2.57. The molecule has 0 aliphatic heterocycles. The molecular weight excluding hydrogens is 306 g/mol. The molecule has 0 heterocycles. The second-order valence-electron chi connectivity index (χ2n) is 5.46. The lowest BCUT2D eigenvalue weighted by Crippen LogP contribution is -2.23. The smallest absolute Gasteiger partial charge is 0.129 e. The molecule has 0 N–H and O–H groups in total. The van der Waals surface area contributed by atoms with Gasteiger partial charge in [0.05, 0.1) is 0 Å². The van der Waals surface area contributed by atoms with Gasteiger partial charge in [-0.3, -0.25) is 0 Å². The first-order chi connectivity index (χ1) is 12.2. The Labute approximate surface area is 151 Å². The van der Waals surface area contributed by atoms with Gasteiger partial charge in [0, 0.05) is 18.8 Å². The van der Waals surface area contributed by atoms with Crippen molar-refractivity contribution in [1.29, 1.82) is 10.5 Å². The number of hydrogen-bond acceptors (Lipinski definition) is 3. The maximum atomic E-state index is 8.60. The van der Waals surface area contributed by atoms with E-state index >= 15 is 0 Å². The third kappa shape index (κ3) is 7.86. The van der Waals surface area contributed by atoms with Gasteiger partial charge in [0.25, 0.3) is 0 Å². The van der Waals surface area contributed by atoms with Crippen LogP contribution in [0.5, 0.6) is 0 Å². The highest BCUT2D eigenvalue weighted by Crippen LogP contribution is 2.16. The molecule has 0 fully saturated rings. The fourth-order valence-electron chi connectivity index (χ4n) is 2.23. The van der Waals surface area contributed by atoms with Gasteiger partial charge in [0.1, 0.15) is 17.7 Å². The number of hydrogen-bond donors (Lipinski definition) is 0. The summed E-state index contributed by atoms with van der Waals surface area (Å²) in [5.41, 5.74) is 2.52. The molecule has 25 heavy (non-hydrogen) atoms. The van der Waals surface area contributed by atoms with E-state index in [-0.39, 0.29) is 5.57 Å². The van der Waals surface area contributed by atoms with Crippen LogP contribution in [0.3, 0.4) is 0 Å². The Morgan fingerprint density at radius 3 is 2.20 bits per heavy atom. The van der Waals surface area contributed by atoms with Crippen molar-refractivity contribution in [1.82, 2.24) is 0 Å². The Hall–Kier alpha value is -3.04. The molecule has 1 aromatic rings. The Kier molecular flexibility index (Phi) is 9.92. The van der Waals surface area contributed by atoms with Gasteiger partial charge in [-0.05, 0) is 37.1 Å². The topological polar surface area (TPSA) is 50.8 Å². The largest absolute Gasteiger partial charge is 0.372 e. The lowest BCUT2D eigenvalue weighted by atomic mass is 10.1. The third-order valence-corrected chi connectivity index (χ3v) is 3.66. The summed E-state index contributed by atoms with van der Waals surface area (Å²) in [5, 5.41) is 17.2. The summed E-state index contributed by atoms with van der Waals surface area (Å²) in [7, 11) is 0. The average molecular weight is 331 g/mol. The Morgan fingerprint density at radius 2 is 1.60 bits per heavy atom. The zero-order chi connectivity index (χ0) is 18.3. The minimum Gasteiger partial charge on any atom is -0.372 e. The highest BCUT2D eigenvalue weighted by molar-refractivity contribution is 5.57. The van der Waals surface area contributed by atoms with E-state index in [9.17, 15) is 0 Å². The highest BCUT2D eigenvalue weighted by Gasteiger charge is 2.02. The van der Waals surface area contributed by atoms with E-state index in [0.29, 0.717) is 0 Å². The molecule has 1 aromatic carbocycles. The summed E-state index contributed by atoms with van der Waals surface area (Å²) in [6, 6.07) is 12.2. The van der Waals surface area contributed by atoms with E-state index in [1.807, 2.05) is 36.4 Å². The first-order valence-electron chi connectivity index (χ1n) is 8.62. The van der Waals surface area contributed by atoms with Crippen LogP contribution in [0.4, 0.5) is 5.69 Å². The number of anilines is 1. The fourth-order valence-corrected chi connectivity index (χ4v) is 2.23. The van der Waals surface area contributed by atoms with Crippen molar-refractivity contribution >= 4 is 11.8 Å². The second-order valence-corrected chi connectivity index (χ2v) is 5.46. The molecule has 3 nitrogen and oxygen atoms in total. The van der Waals surface area contributed by atoms with Crippen molar-refractivity contribution in [2.45, 2.75) is 26.7 Å². The molecule has 0 atom stereocenters. The van der Waals surface area contributed by atoms with Crippen LogP contribution in [0.15, 0.2) is 66.3 Å². The fraction of sp³-hybridized carbons (Fsp3) is 0.273. The first kappa shape index (κ1) is 20.0. The lowest BCUT2D eigenvalue weighted by molar-refractivity contribution is 0.732. The van der Waals surface area contributed by atoms with E-state index in [2.05, 4.69) is 43.0 Å². The molecule has 128 valence electrons. The van der Waals surface area contributed by atoms with Crippen LogP contribution in [-0.2, 0) is 0 Å². The van der Waals surface area contributed by atoms with Crippen LogP contribution in [-0.4, -0.2) is 13.1 Å². The highest BCUT2D eigenvalue weighted by atomic mass is 15.1. The molecule has 0 radical (unpaired) electrons. The van der Waals surface area contributed by atoms with Gasteiger partial charge >= 0.3 is 0 Å². The number of nitriles is 2. The van der Waals surface area contributed by atoms with Gasteiger partial charge < -0.3 is 4.90 Å². The van der Waals surface area contributed by atoms with Crippen molar-refractivity contribution in [3.05, 3.63) is 71.9 Å². The van der Waals surface area contributed by atoms with E-state index < -0.39 is 0 Å². The average Bonchev–Trinajstić information content (AvgIpc) is 2.65. The quantitative estimate of drug-likeness (QED) is 0.449. The number of benzene rings is 1. The molecule has 0 saturated heterocycles. The van der Waals surface area contributed by atoms with E-state index in [1.54, 1.807) is 12.2 Å². The molecule has 3 heteroatoms. The van der Waals surface area contributed by atoms with Gasteiger partial charge in [-0.15, -0.1) is 0 Å². The normalized spacial score (nSPS) is 10.9. The molecule has 0 unspecified atom stereocenters. The lowest BCUT2D eigenvalue weighted by Gasteiger charge is -2.22. The summed E-state index contributed by atoms with van der Waals surface area (Å²) in [6.07, 6.45) is 15.2. The number of nitrogens with zero attached hydrogens (tertiary/aromatic N) is 3. The molecule has 0 saturated carbocycles. The minimum atomic E-state index is 0.0975. The Bertz CT molecular complexity index is 691. The van der Waals surface area contributed by atoms with Crippen molar-refractivity contribution in [3.63, 3.8) is 0 Å². The van der Waals surface area contributed by atoms with Crippen LogP contribution in [0.2, 0.25) is 0 Å². The molecule has 0 aliphatic carbocycles. The van der Waals surface area contributed by atoms with Crippen LogP contribution >= 0.6 is 0 Å². The first-order valence-corrected chi connectivity index (χ1v) is 8.62. The number of allylic oxidation sites excluding steroid dienone is 7. The predicted molar refractivity (Wildman–Crippen MR) is 106 cm³/mol. The van der Waals surface area contributed by atoms with Crippen LogP contribution in [0.25, 0.3) is 6.08 Å². The zero-order valence-corrected chi connectivity index (χ0v) is 15.0. The molecule has 0 spiro atoms. The number of unbranched alkanes of at least 4 members (excludes halogenated alkanes) is 1. The monoisotopic (exact) mass is 331 g/mol. The van der Waals surface area contributed by atoms with E-state index in [0.717, 1.165) is 18.7 Å². The van der Waals surface area contributed by atoms with Crippen molar-refractivity contribution in [3.8, 4) is 12.1 Å². The summed E-state index contributed by atoms with van der Waals surface area (Å²) < 4.78 is 0. The van der Waals surface area contributed by atoms with Crippen LogP contribution in [0, 0.1) is 22.7 Å². The van der Waals surface area contributed by atoms with E-state index in [4.69, 9.17) is 10.5 Å². The third-order valence-electron chi connectivity index (χ3n) is 3.66. The SMILES string of the molecule is CCCCN(CC)c1ccc(/C=C/C=C/C=C/C=C(C#N)C#N)cc1. The second kappa shape index (κ2) is 12.4. The summed E-state index contributed by atoms with van der Waals surface area (Å²) in [6.45, 7) is 6.53. The predicted octanol–water partition coefficient (Wildman–Crippen LogP) is 5.41. The molecule has 1 rings (SSSR count). The van der Waals surface area contributed by atoms with Gasteiger partial charge in [0.2, 0.25) is 0 Å². The number of rotatable bonds is 9. The molecular formula is C22H25N3. The van der Waals surface area contributed by atoms with E-state index in [1.165, 1.54) is 24.6 Å². The van der Waals surface area contributed by atoms with Gasteiger partial charge in [-0.2, -0.15) is 10.5 Å². The van der Waals surface area contributed by atoms with Crippen molar-refractivity contribution in [2.24, 2.45) is 0 Å². The standard InChI is InChI=1S/C22H25N3/c1-3-5-17-25(4-2)22-15-13-20(14-16-22)11-9-7-6-8-10-12-21(18-23)19-24/h6-16H,3-5,17H2,1-2H3/b7-6+,10-8+,11-9+. The van der Waals surface area contributed by atoms with Crippen LogP contribution < -0.4 is 4.90 Å². The zero-order valence-electron chi connectivity index (χ0n) is 15.0. The summed E-state index contributed by atoms with van der Waals surface area (Å²) in [4.78, 5) is 2.39. The summed E-state index contributed by atoms with van der Waals surface area (Å²) in [5.74, 6) is 0. The van der Waals surface area contributed by atoms with Crippen molar-refractivity contribution < 1.29 is 0 Å². The molecule has 0 amide bonds. The Morgan fingerprint density at radius 1 is 0.960 bits per heavy atom. The molecule has 0 aromatic heterocycles. The van der Waals surface area contributed by atoms with Gasteiger partial charge in [0.15, 0.2) is 0 Å². The van der Waals surface area contributed by atoms with Crippen LogP contribution in [0.1, 0.15) is 32.3 Å².